The Morgan fingerprint density at radius 2 is 0.750 bits per heavy atom. The highest BCUT2D eigenvalue weighted by molar-refractivity contribution is 7.42. The largest absolute Gasteiger partial charge is 0.0622 e. The van der Waals surface area contributed by atoms with E-state index in [0.29, 0.717) is 8.57 Å². The van der Waals surface area contributed by atoms with Crippen molar-refractivity contribution >= 4 is 54.2 Å². The van der Waals surface area contributed by atoms with Crippen LogP contribution in [0.3, 0.4) is 0 Å². The van der Waals surface area contributed by atoms with Crippen LogP contribution in [0.4, 0.5) is 0 Å². The third-order valence-electron chi connectivity index (χ3n) is 3.73. The van der Waals surface area contributed by atoms with Crippen molar-refractivity contribution in [2.45, 2.75) is 8.57 Å². The van der Waals surface area contributed by atoms with Crippen LogP contribution in [-0.4, -0.2) is 54.2 Å². The van der Waals surface area contributed by atoms with Gasteiger partial charge in [0.15, 0.2) is 0 Å². The van der Waals surface area contributed by atoms with Crippen LogP contribution in [0.2, 0.25) is 0 Å². The maximum atomic E-state index is 2.38. The van der Waals surface area contributed by atoms with Gasteiger partial charge in [-0.05, 0) is 8.57 Å². The van der Waals surface area contributed by atoms with E-state index in [1.54, 1.807) is 11.1 Å². The number of hydrogen-bond donors (Lipinski definition) is 0. The van der Waals surface area contributed by atoms with Crippen molar-refractivity contribution in [1.29, 1.82) is 0 Å². The lowest BCUT2D eigenvalue weighted by molar-refractivity contribution is 1.14. The number of rotatable bonds is 2. The van der Waals surface area contributed by atoms with Crippen LogP contribution in [0.1, 0.15) is 11.1 Å². The van der Waals surface area contributed by atoms with E-state index in [2.05, 4.69) is 60.7 Å². The summed E-state index contributed by atoms with van der Waals surface area (Å²) in [7, 11) is 6.92. The minimum absolute atomic E-state index is 0.604. The Balaban J connectivity index is 1.64. The fourth-order valence-corrected chi connectivity index (χ4v) is 33.3. The summed E-state index contributed by atoms with van der Waals surface area (Å²) in [4.78, 5) is 0. The van der Waals surface area contributed by atoms with Gasteiger partial charge in [0.2, 0.25) is 0 Å². The standard InChI is InChI=1S/C14H10Si6/c1-3-7-11(8-4-1)13-15-18-14(19-16-13,20-17-13)12-9-5-2-6-10-12/h1-10H. The molecule has 0 atom stereocenters. The monoisotopic (exact) mass is 346 g/mol. The van der Waals surface area contributed by atoms with Crippen molar-refractivity contribution in [3.05, 3.63) is 71.8 Å². The van der Waals surface area contributed by atoms with Crippen molar-refractivity contribution in [2.75, 3.05) is 0 Å². The molecule has 0 N–H and O–H groups in total. The molecule has 0 aromatic heterocycles. The zero-order valence-electron chi connectivity index (χ0n) is 10.8. The van der Waals surface area contributed by atoms with E-state index in [1.165, 1.54) is 0 Å². The van der Waals surface area contributed by atoms with Gasteiger partial charge in [0, 0.05) is 54.2 Å². The van der Waals surface area contributed by atoms with Crippen LogP contribution in [0, 0.1) is 0 Å². The van der Waals surface area contributed by atoms with E-state index in [0.717, 1.165) is 54.2 Å². The molecule has 0 nitrogen and oxygen atoms in total. The second-order valence-electron chi connectivity index (χ2n) is 4.98. The van der Waals surface area contributed by atoms with Crippen molar-refractivity contribution in [3.8, 4) is 0 Å². The minimum atomic E-state index is 0.604. The van der Waals surface area contributed by atoms with Gasteiger partial charge in [-0.3, -0.25) is 0 Å². The first-order chi connectivity index (χ1) is 9.83. The molecule has 0 spiro atoms. The second kappa shape index (κ2) is 5.18. The SMILES string of the molecule is c1ccc(C23[Si][Si]C(c4ccccc4)([Si][Si]2)[Si][Si]3)cc1. The molecule has 0 amide bonds. The molecule has 90 valence electrons. The Labute approximate surface area is 134 Å². The Kier molecular flexibility index (Phi) is 3.47. The first-order valence-corrected chi connectivity index (χ1v) is 15.6. The average molecular weight is 347 g/mol. The Morgan fingerprint density at radius 1 is 0.450 bits per heavy atom. The quantitative estimate of drug-likeness (QED) is 0.699. The maximum Gasteiger partial charge on any atom is 0.0275 e. The molecule has 6 heteroatoms. The molecule has 3 fully saturated rings. The van der Waals surface area contributed by atoms with Crippen LogP contribution in [0.15, 0.2) is 60.7 Å². The van der Waals surface area contributed by atoms with Gasteiger partial charge in [0.05, 0.1) is 0 Å². The summed E-state index contributed by atoms with van der Waals surface area (Å²) in [6, 6.07) is 22.8. The molecule has 3 aliphatic rings. The highest BCUT2D eigenvalue weighted by Gasteiger charge is 2.51. The molecule has 2 aromatic rings. The number of fused-ring (bicyclic) bond motifs is 3. The molecule has 20 heavy (non-hydrogen) atoms. The summed E-state index contributed by atoms with van der Waals surface area (Å²) in [5, 5.41) is 0. The second-order valence-corrected chi connectivity index (χ2v) is 18.5. The lowest BCUT2D eigenvalue weighted by Crippen LogP contribution is -2.73. The fourth-order valence-electron chi connectivity index (χ4n) is 2.56. The van der Waals surface area contributed by atoms with Crippen molar-refractivity contribution in [3.63, 3.8) is 0 Å². The summed E-state index contributed by atoms with van der Waals surface area (Å²) in [6.45, 7) is 0. The Bertz CT molecular complexity index is 520. The van der Waals surface area contributed by atoms with Gasteiger partial charge < -0.3 is 0 Å². The predicted molar refractivity (Wildman–Crippen MR) is 90.8 cm³/mol. The van der Waals surface area contributed by atoms with Crippen molar-refractivity contribution < 1.29 is 0 Å². The average Bonchev–Trinajstić information content (AvgIpc) is 2.58. The third-order valence-corrected chi connectivity index (χ3v) is 29.5. The van der Waals surface area contributed by atoms with E-state index in [-0.39, 0.29) is 0 Å². The molecule has 0 unspecified atom stereocenters. The molecule has 3 aliphatic heterocycles. The summed E-state index contributed by atoms with van der Waals surface area (Å²) >= 11 is 0. The minimum Gasteiger partial charge on any atom is -0.0622 e. The van der Waals surface area contributed by atoms with Gasteiger partial charge >= 0.3 is 0 Å². The van der Waals surface area contributed by atoms with Gasteiger partial charge in [-0.25, -0.2) is 0 Å². The first-order valence-electron chi connectivity index (χ1n) is 6.57. The van der Waals surface area contributed by atoms with Crippen LogP contribution >= 0.6 is 0 Å². The molecule has 3 saturated heterocycles. The normalized spacial score (nSPS) is 32.2. The van der Waals surface area contributed by atoms with Gasteiger partial charge in [0.25, 0.3) is 0 Å². The highest BCUT2D eigenvalue weighted by Crippen LogP contribution is 2.35. The van der Waals surface area contributed by atoms with E-state index in [9.17, 15) is 0 Å². The van der Waals surface area contributed by atoms with Crippen molar-refractivity contribution in [1.82, 2.24) is 0 Å². The highest BCUT2D eigenvalue weighted by atomic mass is 29.3. The van der Waals surface area contributed by atoms with E-state index < -0.39 is 0 Å². The first kappa shape index (κ1) is 13.4. The lowest BCUT2D eigenvalue weighted by Gasteiger charge is -2.52. The molecular weight excluding hydrogens is 337 g/mol. The Morgan fingerprint density at radius 3 is 1.05 bits per heavy atom. The van der Waals surface area contributed by atoms with Crippen molar-refractivity contribution in [2.24, 2.45) is 0 Å². The van der Waals surface area contributed by atoms with E-state index in [4.69, 9.17) is 0 Å². The predicted octanol–water partition coefficient (Wildman–Crippen LogP) is 0.605. The van der Waals surface area contributed by atoms with Gasteiger partial charge in [-0.15, -0.1) is 0 Å². The van der Waals surface area contributed by atoms with Gasteiger partial charge in [0.1, 0.15) is 0 Å². The molecule has 2 bridgehead atoms. The van der Waals surface area contributed by atoms with E-state index >= 15 is 0 Å². The molecule has 5 rings (SSSR count). The van der Waals surface area contributed by atoms with E-state index in [1.807, 2.05) is 0 Å². The zero-order chi connectivity index (χ0) is 13.5. The van der Waals surface area contributed by atoms with Gasteiger partial charge in [-0.1, -0.05) is 71.8 Å². The molecule has 3 heterocycles. The molecule has 12 radical (unpaired) electrons. The lowest BCUT2D eigenvalue weighted by atomic mass is 10.2. The smallest absolute Gasteiger partial charge is 0.0275 e. The van der Waals surface area contributed by atoms with Crippen LogP contribution in [0.5, 0.6) is 0 Å². The maximum absolute atomic E-state index is 2.38. The topological polar surface area (TPSA) is 0 Å². The molecule has 0 saturated carbocycles. The Hall–Kier alpha value is -0.259. The number of benzene rings is 2. The third kappa shape index (κ3) is 2.09. The molecule has 2 aromatic carbocycles. The van der Waals surface area contributed by atoms with Gasteiger partial charge in [-0.2, -0.15) is 0 Å². The number of hydrogen-bond acceptors (Lipinski definition) is 0. The van der Waals surface area contributed by atoms with Crippen LogP contribution < -0.4 is 0 Å². The summed E-state index contributed by atoms with van der Waals surface area (Å²) < 4.78 is 1.21. The zero-order valence-corrected chi connectivity index (χ0v) is 16.8. The molecule has 0 aliphatic carbocycles. The van der Waals surface area contributed by atoms with Crippen LogP contribution in [-0.2, 0) is 8.57 Å². The summed E-state index contributed by atoms with van der Waals surface area (Å²) in [5.41, 5.74) is 3.28. The summed E-state index contributed by atoms with van der Waals surface area (Å²) in [6.07, 6.45) is 0. The molecular formula is C14H10Si6. The van der Waals surface area contributed by atoms with Crippen LogP contribution in [0.25, 0.3) is 0 Å². The summed E-state index contributed by atoms with van der Waals surface area (Å²) in [5.74, 6) is 0. The fraction of sp³-hybridized carbons (Fsp3) is 0.143.